The minimum Gasteiger partial charge on any atom is -0.317 e. The molecule has 0 fully saturated rings. The quantitative estimate of drug-likeness (QED) is 0.525. The smallest absolute Gasteiger partial charge is 0.0359 e. The maximum Gasteiger partial charge on any atom is 0.0359 e. The normalized spacial score (nSPS) is 8.40. The van der Waals surface area contributed by atoms with E-state index in [1.165, 1.54) is 6.42 Å². The van der Waals surface area contributed by atoms with E-state index in [-0.39, 0.29) is 0 Å². The maximum absolute atomic E-state index is 5.05. The number of hydrogen-bond donors (Lipinski definition) is 1. The van der Waals surface area contributed by atoms with Crippen LogP contribution in [0.25, 0.3) is 0 Å². The minimum absolute atomic E-state index is 0.557. The standard InChI is InChI=1S/C5H13N.C2H4Cl2/c1-3-5-6-4-2;3-1-2-4/h6H,3-5H2,1-2H3;1-2H2. The lowest BCUT2D eigenvalue weighted by Crippen LogP contribution is -2.12. The van der Waals surface area contributed by atoms with Crippen LogP contribution in [0, 0.1) is 0 Å². The molecule has 1 nitrogen and oxygen atoms in total. The van der Waals surface area contributed by atoms with E-state index in [2.05, 4.69) is 19.2 Å². The van der Waals surface area contributed by atoms with Gasteiger partial charge in [0.2, 0.25) is 0 Å². The zero-order chi connectivity index (χ0) is 8.24. The van der Waals surface area contributed by atoms with Crippen LogP contribution >= 0.6 is 23.2 Å². The summed E-state index contributed by atoms with van der Waals surface area (Å²) in [4.78, 5) is 0. The number of alkyl halides is 2. The summed E-state index contributed by atoms with van der Waals surface area (Å²) in [5, 5.41) is 3.20. The summed E-state index contributed by atoms with van der Waals surface area (Å²) in [5.41, 5.74) is 0. The molecule has 0 saturated heterocycles. The monoisotopic (exact) mass is 185 g/mol. The van der Waals surface area contributed by atoms with Gasteiger partial charge in [-0.3, -0.25) is 0 Å². The van der Waals surface area contributed by atoms with E-state index in [1.807, 2.05) is 0 Å². The van der Waals surface area contributed by atoms with E-state index < -0.39 is 0 Å². The van der Waals surface area contributed by atoms with Gasteiger partial charge in [0.05, 0.1) is 0 Å². The van der Waals surface area contributed by atoms with Crippen LogP contribution < -0.4 is 5.32 Å². The van der Waals surface area contributed by atoms with Crippen LogP contribution in [-0.4, -0.2) is 24.8 Å². The third-order valence-corrected chi connectivity index (χ3v) is 1.32. The van der Waals surface area contributed by atoms with Crippen molar-refractivity contribution in [2.75, 3.05) is 24.8 Å². The van der Waals surface area contributed by atoms with Crippen molar-refractivity contribution in [3.05, 3.63) is 0 Å². The summed E-state index contributed by atoms with van der Waals surface area (Å²) in [7, 11) is 0. The zero-order valence-corrected chi connectivity index (χ0v) is 8.30. The van der Waals surface area contributed by atoms with Gasteiger partial charge in [-0.15, -0.1) is 23.2 Å². The lowest BCUT2D eigenvalue weighted by molar-refractivity contribution is 0.703. The molecule has 0 spiro atoms. The van der Waals surface area contributed by atoms with Gasteiger partial charge in [-0.1, -0.05) is 13.8 Å². The first kappa shape index (κ1) is 13.2. The van der Waals surface area contributed by atoms with Crippen LogP contribution in [0.1, 0.15) is 20.3 Å². The van der Waals surface area contributed by atoms with E-state index >= 15 is 0 Å². The molecule has 0 aliphatic heterocycles. The SMILES string of the molecule is CCCNCC.ClCCCl. The molecule has 0 aliphatic rings. The van der Waals surface area contributed by atoms with E-state index in [0.29, 0.717) is 11.8 Å². The van der Waals surface area contributed by atoms with Gasteiger partial charge in [0.15, 0.2) is 0 Å². The van der Waals surface area contributed by atoms with Gasteiger partial charge in [-0.25, -0.2) is 0 Å². The van der Waals surface area contributed by atoms with Gasteiger partial charge in [-0.2, -0.15) is 0 Å². The number of halogens is 2. The highest BCUT2D eigenvalue weighted by atomic mass is 35.5. The predicted octanol–water partition coefficient (Wildman–Crippen LogP) is 2.47. The lowest BCUT2D eigenvalue weighted by atomic mass is 10.5. The average Bonchev–Trinajstić information content (AvgIpc) is 2.01. The number of nitrogens with one attached hydrogen (secondary N) is 1. The van der Waals surface area contributed by atoms with Crippen molar-refractivity contribution in [1.29, 1.82) is 0 Å². The molecule has 10 heavy (non-hydrogen) atoms. The number of rotatable bonds is 4. The molecular weight excluding hydrogens is 169 g/mol. The fraction of sp³-hybridized carbons (Fsp3) is 1.00. The molecule has 0 saturated carbocycles. The van der Waals surface area contributed by atoms with Gasteiger partial charge in [0, 0.05) is 11.8 Å². The molecule has 0 aromatic carbocycles. The third kappa shape index (κ3) is 23.6. The highest BCUT2D eigenvalue weighted by Crippen LogP contribution is 1.75. The van der Waals surface area contributed by atoms with E-state index in [9.17, 15) is 0 Å². The van der Waals surface area contributed by atoms with E-state index in [4.69, 9.17) is 23.2 Å². The van der Waals surface area contributed by atoms with Crippen LogP contribution in [0.5, 0.6) is 0 Å². The largest absolute Gasteiger partial charge is 0.317 e. The van der Waals surface area contributed by atoms with Crippen molar-refractivity contribution in [3.63, 3.8) is 0 Å². The van der Waals surface area contributed by atoms with Crippen LogP contribution in [-0.2, 0) is 0 Å². The van der Waals surface area contributed by atoms with Gasteiger partial charge in [0.1, 0.15) is 0 Å². The van der Waals surface area contributed by atoms with Crippen molar-refractivity contribution in [2.24, 2.45) is 0 Å². The highest BCUT2D eigenvalue weighted by Gasteiger charge is 1.71. The Bertz CT molecular complexity index is 36.6. The Labute approximate surface area is 74.1 Å². The average molecular weight is 186 g/mol. The fourth-order valence-electron chi connectivity index (χ4n) is 0.354. The zero-order valence-electron chi connectivity index (χ0n) is 6.79. The summed E-state index contributed by atoms with van der Waals surface area (Å²) in [6.07, 6.45) is 1.24. The second-order valence-corrected chi connectivity index (χ2v) is 2.49. The topological polar surface area (TPSA) is 12.0 Å². The van der Waals surface area contributed by atoms with Gasteiger partial charge in [-0.05, 0) is 19.5 Å². The molecule has 0 aliphatic carbocycles. The van der Waals surface area contributed by atoms with Crippen molar-refractivity contribution in [3.8, 4) is 0 Å². The van der Waals surface area contributed by atoms with Gasteiger partial charge in [0.25, 0.3) is 0 Å². The molecule has 0 aromatic heterocycles. The molecular formula is C7H17Cl2N. The Balaban J connectivity index is 0. The molecule has 0 unspecified atom stereocenters. The fourth-order valence-corrected chi connectivity index (χ4v) is 0.354. The highest BCUT2D eigenvalue weighted by molar-refractivity contribution is 6.25. The summed E-state index contributed by atoms with van der Waals surface area (Å²) in [5.74, 6) is 1.11. The van der Waals surface area contributed by atoms with E-state index in [1.54, 1.807) is 0 Å². The Morgan fingerprint density at radius 3 is 1.70 bits per heavy atom. The summed E-state index contributed by atoms with van der Waals surface area (Å²) in [6, 6.07) is 0. The van der Waals surface area contributed by atoms with Crippen LogP contribution in [0.15, 0.2) is 0 Å². The minimum atomic E-state index is 0.557. The van der Waals surface area contributed by atoms with Crippen LogP contribution in [0.3, 0.4) is 0 Å². The first-order valence-electron chi connectivity index (χ1n) is 3.66. The number of hydrogen-bond acceptors (Lipinski definition) is 1. The molecule has 0 atom stereocenters. The van der Waals surface area contributed by atoms with Gasteiger partial charge >= 0.3 is 0 Å². The molecule has 0 amide bonds. The Hall–Kier alpha value is 0.540. The lowest BCUT2D eigenvalue weighted by Gasteiger charge is -1.91. The summed E-state index contributed by atoms with van der Waals surface area (Å²) in [6.45, 7) is 6.56. The van der Waals surface area contributed by atoms with E-state index in [0.717, 1.165) is 13.1 Å². The molecule has 3 heteroatoms. The summed E-state index contributed by atoms with van der Waals surface area (Å²) >= 11 is 10.1. The van der Waals surface area contributed by atoms with Crippen molar-refractivity contribution >= 4 is 23.2 Å². The molecule has 0 heterocycles. The first-order valence-corrected chi connectivity index (χ1v) is 4.72. The summed E-state index contributed by atoms with van der Waals surface area (Å²) < 4.78 is 0. The second-order valence-electron chi connectivity index (χ2n) is 1.73. The Morgan fingerprint density at radius 1 is 1.10 bits per heavy atom. The second kappa shape index (κ2) is 16.3. The van der Waals surface area contributed by atoms with Crippen LogP contribution in [0.4, 0.5) is 0 Å². The first-order chi connectivity index (χ1) is 4.83. The molecule has 64 valence electrons. The third-order valence-electron chi connectivity index (χ3n) is 0.748. The molecule has 0 aromatic rings. The molecule has 0 radical (unpaired) electrons. The maximum atomic E-state index is 5.05. The molecule has 0 bridgehead atoms. The predicted molar refractivity (Wildman–Crippen MR) is 50.3 cm³/mol. The van der Waals surface area contributed by atoms with Crippen molar-refractivity contribution < 1.29 is 0 Å². The van der Waals surface area contributed by atoms with Gasteiger partial charge < -0.3 is 5.32 Å². The molecule has 0 rings (SSSR count). The van der Waals surface area contributed by atoms with Crippen molar-refractivity contribution in [2.45, 2.75) is 20.3 Å². The van der Waals surface area contributed by atoms with Crippen molar-refractivity contribution in [1.82, 2.24) is 5.32 Å². The Kier molecular flexibility index (Phi) is 21.4. The molecule has 1 N–H and O–H groups in total. The Morgan fingerprint density at radius 2 is 1.60 bits per heavy atom. The van der Waals surface area contributed by atoms with Crippen LogP contribution in [0.2, 0.25) is 0 Å².